The van der Waals surface area contributed by atoms with E-state index in [9.17, 15) is 18.0 Å². The Balaban J connectivity index is 3.16. The lowest BCUT2D eigenvalue weighted by Crippen LogP contribution is -2.14. The summed E-state index contributed by atoms with van der Waals surface area (Å²) < 4.78 is 28.0. The van der Waals surface area contributed by atoms with Crippen molar-refractivity contribution < 1.29 is 42.6 Å². The number of aromatic carboxylic acids is 2. The van der Waals surface area contributed by atoms with Gasteiger partial charge < -0.3 is 20.4 Å². The van der Waals surface area contributed by atoms with E-state index in [0.29, 0.717) is 0 Å². The average Bonchev–Trinajstić information content (AvgIpc) is 2.37. The zero-order chi connectivity index (χ0) is 16.2. The molecule has 4 N–H and O–H groups in total. The van der Waals surface area contributed by atoms with E-state index in [1.807, 2.05) is 0 Å². The second kappa shape index (κ2) is 6.63. The smallest absolute Gasteiger partial charge is 0.335 e. The van der Waals surface area contributed by atoms with Crippen molar-refractivity contribution in [2.24, 2.45) is 0 Å². The molecule has 0 heterocycles. The summed E-state index contributed by atoms with van der Waals surface area (Å²) in [4.78, 5) is 21.1. The molecule has 0 fully saturated rings. The molecule has 0 aliphatic rings. The molecule has 1 rings (SSSR count). The van der Waals surface area contributed by atoms with Crippen molar-refractivity contribution in [1.82, 2.24) is 0 Å². The minimum atomic E-state index is -4.42. The summed E-state index contributed by atoms with van der Waals surface area (Å²) in [6.45, 7) is -0.556. The first-order valence-electron chi connectivity index (χ1n) is 5.50. The van der Waals surface area contributed by atoms with Gasteiger partial charge in [-0.15, -0.1) is 0 Å². The molecule has 9 nitrogen and oxygen atoms in total. The standard InChI is InChI=1S/C11H12O9S/c12-9(13)1-2-20-21(18,19)8-4-6(10(14)15)3-7(5-8)11(16)17/h3-5,9,12-13H,1-2H2,(H,14,15)(H,16,17). The Morgan fingerprint density at radius 1 is 1.05 bits per heavy atom. The lowest BCUT2D eigenvalue weighted by atomic mass is 10.1. The molecule has 1 aromatic rings. The lowest BCUT2D eigenvalue weighted by Gasteiger charge is -2.08. The fourth-order valence-electron chi connectivity index (χ4n) is 1.32. The molecule has 0 aromatic heterocycles. The van der Waals surface area contributed by atoms with E-state index < -0.39 is 51.0 Å². The summed E-state index contributed by atoms with van der Waals surface area (Å²) in [6.07, 6.45) is -2.15. The van der Waals surface area contributed by atoms with Crippen LogP contribution in [0.3, 0.4) is 0 Å². The van der Waals surface area contributed by atoms with Crippen molar-refractivity contribution in [3.05, 3.63) is 29.3 Å². The average molecular weight is 320 g/mol. The zero-order valence-corrected chi connectivity index (χ0v) is 11.3. The number of benzene rings is 1. The number of carboxylic acids is 2. The van der Waals surface area contributed by atoms with Gasteiger partial charge in [-0.3, -0.25) is 4.18 Å². The van der Waals surface area contributed by atoms with Gasteiger partial charge in [0.05, 0.1) is 22.6 Å². The van der Waals surface area contributed by atoms with Crippen LogP contribution < -0.4 is 0 Å². The first-order valence-corrected chi connectivity index (χ1v) is 6.91. The van der Waals surface area contributed by atoms with Crippen molar-refractivity contribution in [3.63, 3.8) is 0 Å². The zero-order valence-electron chi connectivity index (χ0n) is 10.5. The lowest BCUT2D eigenvalue weighted by molar-refractivity contribution is -0.0515. The highest BCUT2D eigenvalue weighted by molar-refractivity contribution is 7.86. The molecule has 0 saturated carbocycles. The van der Waals surface area contributed by atoms with Crippen LogP contribution in [-0.2, 0) is 14.3 Å². The maximum absolute atomic E-state index is 11.8. The van der Waals surface area contributed by atoms with E-state index in [4.69, 9.17) is 20.4 Å². The highest BCUT2D eigenvalue weighted by atomic mass is 32.2. The Morgan fingerprint density at radius 3 is 1.90 bits per heavy atom. The summed E-state index contributed by atoms with van der Waals surface area (Å²) in [5.74, 6) is -3.00. The molecular weight excluding hydrogens is 308 g/mol. The van der Waals surface area contributed by atoms with Gasteiger partial charge >= 0.3 is 11.9 Å². The second-order valence-corrected chi connectivity index (χ2v) is 5.52. The second-order valence-electron chi connectivity index (χ2n) is 3.90. The van der Waals surface area contributed by atoms with Crippen LogP contribution >= 0.6 is 0 Å². The fraction of sp³-hybridized carbons (Fsp3) is 0.273. The predicted octanol–water partition coefficient (Wildman–Crippen LogP) is -0.511. The molecule has 0 unspecified atom stereocenters. The molecule has 0 spiro atoms. The molecule has 0 aliphatic heterocycles. The summed E-state index contributed by atoms with van der Waals surface area (Å²) in [5.41, 5.74) is -1.06. The van der Waals surface area contributed by atoms with Crippen LogP contribution in [0.15, 0.2) is 23.1 Å². The van der Waals surface area contributed by atoms with E-state index in [-0.39, 0.29) is 6.42 Å². The summed E-state index contributed by atoms with van der Waals surface area (Å²) in [7, 11) is -4.42. The topological polar surface area (TPSA) is 158 Å². The molecule has 0 atom stereocenters. The third-order valence-electron chi connectivity index (χ3n) is 2.30. The largest absolute Gasteiger partial charge is 0.478 e. The first kappa shape index (κ1) is 17.0. The van der Waals surface area contributed by atoms with Gasteiger partial charge in [0.15, 0.2) is 6.29 Å². The monoisotopic (exact) mass is 320 g/mol. The molecular formula is C11H12O9S. The van der Waals surface area contributed by atoms with Gasteiger partial charge in [-0.25, -0.2) is 9.59 Å². The summed E-state index contributed by atoms with van der Waals surface area (Å²) in [5, 5.41) is 34.8. The highest BCUT2D eigenvalue weighted by Gasteiger charge is 2.21. The molecule has 0 bridgehead atoms. The molecule has 21 heavy (non-hydrogen) atoms. The van der Waals surface area contributed by atoms with Crippen LogP contribution in [0, 0.1) is 0 Å². The van der Waals surface area contributed by atoms with Crippen LogP contribution in [0.1, 0.15) is 27.1 Å². The fourth-order valence-corrected chi connectivity index (χ4v) is 2.32. The molecule has 0 radical (unpaired) electrons. The molecule has 0 amide bonds. The van der Waals surface area contributed by atoms with Gasteiger partial charge in [-0.05, 0) is 18.2 Å². The Kier molecular flexibility index (Phi) is 5.38. The van der Waals surface area contributed by atoms with Gasteiger partial charge in [0.2, 0.25) is 0 Å². The van der Waals surface area contributed by atoms with Gasteiger partial charge in [-0.2, -0.15) is 8.42 Å². The normalized spacial score (nSPS) is 11.6. The van der Waals surface area contributed by atoms with Crippen LogP contribution in [0.2, 0.25) is 0 Å². The minimum Gasteiger partial charge on any atom is -0.478 e. The van der Waals surface area contributed by atoms with Crippen LogP contribution in [0.25, 0.3) is 0 Å². The number of hydrogen-bond donors (Lipinski definition) is 4. The maximum Gasteiger partial charge on any atom is 0.335 e. The molecule has 10 heteroatoms. The Bertz CT molecular complexity index is 615. The van der Waals surface area contributed by atoms with Crippen molar-refractivity contribution in [1.29, 1.82) is 0 Å². The third kappa shape index (κ3) is 4.79. The van der Waals surface area contributed by atoms with Crippen molar-refractivity contribution in [3.8, 4) is 0 Å². The number of aliphatic hydroxyl groups is 2. The Labute approximate surface area is 119 Å². The maximum atomic E-state index is 11.8. The van der Waals surface area contributed by atoms with E-state index in [1.54, 1.807) is 0 Å². The molecule has 116 valence electrons. The Hall–Kier alpha value is -2.01. The summed E-state index contributed by atoms with van der Waals surface area (Å²) in [6, 6.07) is 2.31. The highest BCUT2D eigenvalue weighted by Crippen LogP contribution is 2.18. The van der Waals surface area contributed by atoms with E-state index >= 15 is 0 Å². The number of rotatable bonds is 7. The number of carboxylic acid groups (broad SMARTS) is 2. The number of aliphatic hydroxyl groups excluding tert-OH is 1. The van der Waals surface area contributed by atoms with Crippen LogP contribution in [-0.4, -0.2) is 53.7 Å². The van der Waals surface area contributed by atoms with E-state index in [2.05, 4.69) is 4.18 Å². The third-order valence-corrected chi connectivity index (χ3v) is 3.59. The van der Waals surface area contributed by atoms with Crippen LogP contribution in [0.4, 0.5) is 0 Å². The quantitative estimate of drug-likeness (QED) is 0.383. The van der Waals surface area contributed by atoms with Crippen molar-refractivity contribution in [2.75, 3.05) is 6.61 Å². The molecule has 0 saturated heterocycles. The van der Waals surface area contributed by atoms with E-state index in [0.717, 1.165) is 18.2 Å². The molecule has 1 aromatic carbocycles. The van der Waals surface area contributed by atoms with Gasteiger partial charge in [0, 0.05) is 6.42 Å². The number of carbonyl (C=O) groups is 2. The first-order chi connectivity index (χ1) is 9.63. The van der Waals surface area contributed by atoms with Crippen LogP contribution in [0.5, 0.6) is 0 Å². The Morgan fingerprint density at radius 2 is 1.52 bits per heavy atom. The van der Waals surface area contributed by atoms with Gasteiger partial charge in [0.25, 0.3) is 10.1 Å². The SMILES string of the molecule is O=C(O)c1cc(C(=O)O)cc(S(=O)(=O)OCCC(O)O)c1. The summed E-state index contributed by atoms with van der Waals surface area (Å²) >= 11 is 0. The number of hydrogen-bond acceptors (Lipinski definition) is 7. The molecule has 0 aliphatic carbocycles. The van der Waals surface area contributed by atoms with E-state index in [1.165, 1.54) is 0 Å². The van der Waals surface area contributed by atoms with Crippen molar-refractivity contribution in [2.45, 2.75) is 17.6 Å². The predicted molar refractivity (Wildman–Crippen MR) is 66.3 cm³/mol. The van der Waals surface area contributed by atoms with Gasteiger partial charge in [0.1, 0.15) is 0 Å². The minimum absolute atomic E-state index is 0.385. The van der Waals surface area contributed by atoms with Gasteiger partial charge in [-0.1, -0.05) is 0 Å². The van der Waals surface area contributed by atoms with Crippen molar-refractivity contribution >= 4 is 22.1 Å².